The van der Waals surface area contributed by atoms with Gasteiger partial charge in [0.15, 0.2) is 6.04 Å². The number of hydrogen-bond acceptors (Lipinski definition) is 5. The van der Waals surface area contributed by atoms with Crippen LogP contribution in [0.4, 0.5) is 46.5 Å². The zero-order valence-corrected chi connectivity index (χ0v) is 17.1. The Morgan fingerprint density at radius 1 is 1.12 bits per heavy atom. The lowest BCUT2D eigenvalue weighted by atomic mass is 10.1. The number of morpholine rings is 1. The van der Waals surface area contributed by atoms with Crippen molar-refractivity contribution in [1.82, 2.24) is 4.90 Å². The number of ether oxygens (including phenoxy) is 1. The molecule has 2 rings (SSSR count). The molecule has 1 saturated heterocycles. The number of nitrogens with zero attached hydrogens (tertiary/aromatic N) is 2. The molecule has 0 radical (unpaired) electrons. The zero-order valence-electron chi connectivity index (χ0n) is 17.1. The van der Waals surface area contributed by atoms with Gasteiger partial charge in [-0.1, -0.05) is 0 Å². The molecule has 0 unspecified atom stereocenters. The number of benzene rings is 1. The number of halogens is 8. The first kappa shape index (κ1) is 27.2. The molecule has 16 heteroatoms. The lowest BCUT2D eigenvalue weighted by molar-refractivity contribution is -0.187. The van der Waals surface area contributed by atoms with Crippen molar-refractivity contribution in [2.75, 3.05) is 43.1 Å². The molecule has 8 nitrogen and oxygen atoms in total. The van der Waals surface area contributed by atoms with Crippen molar-refractivity contribution in [3.63, 3.8) is 0 Å². The molecule has 0 aromatic heterocycles. The van der Waals surface area contributed by atoms with Crippen molar-refractivity contribution in [2.45, 2.75) is 24.8 Å². The lowest BCUT2D eigenvalue weighted by Gasteiger charge is -2.30. The van der Waals surface area contributed by atoms with Crippen LogP contribution in [0.25, 0.3) is 0 Å². The molecule has 34 heavy (non-hydrogen) atoms. The second kappa shape index (κ2) is 10.5. The third kappa shape index (κ3) is 7.51. The Kier molecular flexibility index (Phi) is 8.41. The molecule has 1 aromatic rings. The number of carbonyl (C=O) groups excluding carboxylic acids is 3. The van der Waals surface area contributed by atoms with E-state index in [1.165, 1.54) is 0 Å². The fourth-order valence-corrected chi connectivity index (χ4v) is 3.21. The van der Waals surface area contributed by atoms with E-state index in [0.717, 1.165) is 17.0 Å². The summed E-state index contributed by atoms with van der Waals surface area (Å²) >= 11 is 0. The SMILES string of the molecule is NC(=O)[C@H](C(=O)Nc1ccc(N2CCOCC2=O)c(C(F)F)c1)N(CC(F)(F)F)CC(F)(F)F. The molecule has 3 N–H and O–H groups in total. The lowest BCUT2D eigenvalue weighted by Crippen LogP contribution is -2.56. The number of amides is 3. The first-order chi connectivity index (χ1) is 15.6. The Hall–Kier alpha value is -3.01. The van der Waals surface area contributed by atoms with Gasteiger partial charge >= 0.3 is 12.4 Å². The van der Waals surface area contributed by atoms with Crippen LogP contribution in [0.15, 0.2) is 18.2 Å². The number of anilines is 2. The van der Waals surface area contributed by atoms with Crippen LogP contribution in [0, 0.1) is 0 Å². The summed E-state index contributed by atoms with van der Waals surface area (Å²) in [6.45, 7) is -4.96. The zero-order chi connectivity index (χ0) is 25.8. The minimum atomic E-state index is -5.23. The van der Waals surface area contributed by atoms with Crippen LogP contribution >= 0.6 is 0 Å². The van der Waals surface area contributed by atoms with Gasteiger partial charge in [-0.15, -0.1) is 0 Å². The smallest absolute Gasteiger partial charge is 0.370 e. The molecular weight excluding hydrogens is 488 g/mol. The highest BCUT2D eigenvalue weighted by molar-refractivity contribution is 6.09. The van der Waals surface area contributed by atoms with Gasteiger partial charge in [-0.25, -0.2) is 8.78 Å². The molecule has 1 atom stereocenters. The van der Waals surface area contributed by atoms with Crippen LogP contribution in [0.2, 0.25) is 0 Å². The summed E-state index contributed by atoms with van der Waals surface area (Å²) in [5.41, 5.74) is 3.42. The van der Waals surface area contributed by atoms with Crippen molar-refractivity contribution in [2.24, 2.45) is 5.73 Å². The third-order valence-corrected chi connectivity index (χ3v) is 4.45. The molecule has 1 aliphatic rings. The van der Waals surface area contributed by atoms with E-state index < -0.39 is 71.8 Å². The van der Waals surface area contributed by atoms with Crippen LogP contribution in [0.1, 0.15) is 12.0 Å². The quantitative estimate of drug-likeness (QED) is 0.416. The monoisotopic (exact) mass is 506 g/mol. The maximum atomic E-state index is 13.6. The number of nitrogens with two attached hydrogens (primary N) is 1. The van der Waals surface area contributed by atoms with Gasteiger partial charge in [0.05, 0.1) is 25.4 Å². The van der Waals surface area contributed by atoms with Gasteiger partial charge in [0, 0.05) is 17.8 Å². The Morgan fingerprint density at radius 3 is 2.18 bits per heavy atom. The summed E-state index contributed by atoms with van der Waals surface area (Å²) in [6.07, 6.45) is -13.6. The molecule has 0 spiro atoms. The van der Waals surface area contributed by atoms with E-state index in [2.05, 4.69) is 0 Å². The largest absolute Gasteiger partial charge is 0.401 e. The first-order valence-electron chi connectivity index (χ1n) is 9.37. The van der Waals surface area contributed by atoms with Gasteiger partial charge in [-0.05, 0) is 18.2 Å². The Bertz CT molecular complexity index is 906. The van der Waals surface area contributed by atoms with Crippen molar-refractivity contribution in [3.8, 4) is 0 Å². The topological polar surface area (TPSA) is 105 Å². The maximum absolute atomic E-state index is 13.6. The van der Waals surface area contributed by atoms with E-state index >= 15 is 0 Å². The predicted octanol–water partition coefficient (Wildman–Crippen LogP) is 2.21. The number of primary amides is 1. The summed E-state index contributed by atoms with van der Waals surface area (Å²) in [7, 11) is 0. The Morgan fingerprint density at radius 2 is 1.71 bits per heavy atom. The van der Waals surface area contributed by atoms with Crippen molar-refractivity contribution in [3.05, 3.63) is 23.8 Å². The second-order valence-corrected chi connectivity index (χ2v) is 7.10. The Labute approximate surface area is 186 Å². The maximum Gasteiger partial charge on any atom is 0.401 e. The second-order valence-electron chi connectivity index (χ2n) is 7.10. The van der Waals surface area contributed by atoms with Gasteiger partial charge < -0.3 is 20.7 Å². The minimum Gasteiger partial charge on any atom is -0.370 e. The molecule has 190 valence electrons. The number of hydrogen-bond donors (Lipinski definition) is 2. The first-order valence-corrected chi connectivity index (χ1v) is 9.37. The van der Waals surface area contributed by atoms with Gasteiger partial charge in [-0.3, -0.25) is 19.3 Å². The van der Waals surface area contributed by atoms with Crippen LogP contribution in [-0.4, -0.2) is 73.9 Å². The number of alkyl halides is 8. The van der Waals surface area contributed by atoms with E-state index in [4.69, 9.17) is 10.5 Å². The summed E-state index contributed by atoms with van der Waals surface area (Å²) < 4.78 is 109. The van der Waals surface area contributed by atoms with Gasteiger partial charge in [0.1, 0.15) is 6.61 Å². The molecule has 0 aliphatic carbocycles. The number of rotatable bonds is 8. The fourth-order valence-electron chi connectivity index (χ4n) is 3.21. The van der Waals surface area contributed by atoms with E-state index in [0.29, 0.717) is 6.07 Å². The molecular formula is C18H18F8N4O4. The highest BCUT2D eigenvalue weighted by Gasteiger charge is 2.44. The van der Waals surface area contributed by atoms with Crippen LogP contribution in [0.3, 0.4) is 0 Å². The summed E-state index contributed by atoms with van der Waals surface area (Å²) in [4.78, 5) is 36.5. The molecule has 1 aliphatic heterocycles. The molecule has 0 bridgehead atoms. The van der Waals surface area contributed by atoms with Crippen LogP contribution in [0.5, 0.6) is 0 Å². The standard InChI is InChI=1S/C18H18F8N4O4/c19-14(20)10-5-9(1-2-11(10)30-3-4-34-6-12(30)31)28-16(33)13(15(27)32)29(7-17(21,22)23)8-18(24,25)26/h1-2,5,13-14H,3-4,6-8H2,(H2,27,32)(H,28,33)/t13-/m1/s1. The fraction of sp³-hybridized carbons (Fsp3) is 0.500. The van der Waals surface area contributed by atoms with E-state index in [9.17, 15) is 49.5 Å². The predicted molar refractivity (Wildman–Crippen MR) is 99.9 cm³/mol. The Balaban J connectivity index is 2.35. The van der Waals surface area contributed by atoms with E-state index in [1.807, 2.05) is 5.32 Å². The average Bonchev–Trinajstić information content (AvgIpc) is 2.65. The van der Waals surface area contributed by atoms with Crippen molar-refractivity contribution in [1.29, 1.82) is 0 Å². The molecule has 0 saturated carbocycles. The summed E-state index contributed by atoms with van der Waals surface area (Å²) in [5.74, 6) is -4.15. The highest BCUT2D eigenvalue weighted by Crippen LogP contribution is 2.33. The van der Waals surface area contributed by atoms with Crippen molar-refractivity contribution >= 4 is 29.1 Å². The normalized spacial score (nSPS) is 16.2. The average molecular weight is 506 g/mol. The summed E-state index contributed by atoms with van der Waals surface area (Å²) in [5, 5.41) is 1.83. The molecule has 3 amide bonds. The minimum absolute atomic E-state index is 0.0570. The van der Waals surface area contributed by atoms with E-state index in [-0.39, 0.29) is 25.4 Å². The molecule has 1 aromatic carbocycles. The highest BCUT2D eigenvalue weighted by atomic mass is 19.4. The van der Waals surface area contributed by atoms with Crippen molar-refractivity contribution < 1.29 is 54.2 Å². The van der Waals surface area contributed by atoms with Gasteiger partial charge in [0.25, 0.3) is 18.2 Å². The number of carbonyl (C=O) groups is 3. The number of nitrogens with one attached hydrogen (secondary N) is 1. The summed E-state index contributed by atoms with van der Waals surface area (Å²) in [6, 6.07) is -0.0596. The van der Waals surface area contributed by atoms with E-state index in [1.54, 1.807) is 0 Å². The molecule has 1 fully saturated rings. The van der Waals surface area contributed by atoms with Crippen LogP contribution < -0.4 is 16.0 Å². The van der Waals surface area contributed by atoms with Gasteiger partial charge in [0.2, 0.25) is 5.91 Å². The van der Waals surface area contributed by atoms with Crippen LogP contribution in [-0.2, 0) is 19.1 Å². The van der Waals surface area contributed by atoms with Gasteiger partial charge in [-0.2, -0.15) is 26.3 Å². The molecule has 1 heterocycles. The third-order valence-electron chi connectivity index (χ3n) is 4.45.